The van der Waals surface area contributed by atoms with E-state index in [0.29, 0.717) is 13.0 Å². The molecule has 125 valence electrons. The molecule has 3 nitrogen and oxygen atoms in total. The molecule has 0 aliphatic rings. The maximum Gasteiger partial charge on any atom is 0.225 e. The van der Waals surface area contributed by atoms with E-state index in [2.05, 4.69) is 6.29 Å². The Morgan fingerprint density at radius 3 is 1.84 bits per heavy atom. The number of benzene rings is 3. The Balaban J connectivity index is 1.80. The summed E-state index contributed by atoms with van der Waals surface area (Å²) in [5, 5.41) is 1.66. The minimum atomic E-state index is -0.520. The van der Waals surface area contributed by atoms with Crippen LogP contribution in [0.5, 0.6) is 0 Å². The first-order chi connectivity index (χ1) is 12.4. The van der Waals surface area contributed by atoms with Gasteiger partial charge in [-0.05, 0) is 23.3 Å². The number of anilines is 1. The first-order valence-corrected chi connectivity index (χ1v) is 8.29. The first kappa shape index (κ1) is 16.9. The maximum atomic E-state index is 11.7. The van der Waals surface area contributed by atoms with Crippen LogP contribution < -0.4 is 5.06 Å². The Morgan fingerprint density at radius 2 is 1.28 bits per heavy atom. The van der Waals surface area contributed by atoms with Gasteiger partial charge in [0.05, 0.1) is 12.3 Å². The van der Waals surface area contributed by atoms with E-state index in [4.69, 9.17) is 4.84 Å². The van der Waals surface area contributed by atoms with E-state index in [9.17, 15) is 4.79 Å². The van der Waals surface area contributed by atoms with Crippen molar-refractivity contribution in [1.82, 2.24) is 0 Å². The van der Waals surface area contributed by atoms with Crippen LogP contribution in [0.1, 0.15) is 11.1 Å². The highest BCUT2D eigenvalue weighted by molar-refractivity contribution is 5.66. The lowest BCUT2D eigenvalue weighted by atomic mass is 10.1. The Kier molecular flexibility index (Phi) is 5.96. The number of nitrogens with zero attached hydrogens (tertiary/aromatic N) is 1. The van der Waals surface area contributed by atoms with Gasteiger partial charge >= 0.3 is 0 Å². The molecule has 1 atom stereocenters. The van der Waals surface area contributed by atoms with Gasteiger partial charge in [-0.2, -0.15) is 0 Å². The van der Waals surface area contributed by atoms with Gasteiger partial charge in [0.25, 0.3) is 0 Å². The average molecular weight is 330 g/mol. The summed E-state index contributed by atoms with van der Waals surface area (Å²) in [5.74, 6) is 0. The van der Waals surface area contributed by atoms with Crippen molar-refractivity contribution in [3.8, 4) is 0 Å². The van der Waals surface area contributed by atoms with Gasteiger partial charge < -0.3 is 0 Å². The van der Waals surface area contributed by atoms with E-state index in [1.165, 1.54) is 0 Å². The van der Waals surface area contributed by atoms with E-state index in [-0.39, 0.29) is 0 Å². The molecule has 0 aliphatic heterocycles. The van der Waals surface area contributed by atoms with Gasteiger partial charge in [0.2, 0.25) is 6.29 Å². The molecule has 0 fully saturated rings. The highest BCUT2D eigenvalue weighted by Gasteiger charge is 2.21. The predicted molar refractivity (Wildman–Crippen MR) is 99.8 cm³/mol. The zero-order valence-electron chi connectivity index (χ0n) is 13.9. The van der Waals surface area contributed by atoms with Crippen LogP contribution in [0.4, 0.5) is 5.69 Å². The van der Waals surface area contributed by atoms with Crippen molar-refractivity contribution in [2.24, 2.45) is 0 Å². The molecule has 3 aromatic carbocycles. The van der Waals surface area contributed by atoms with Crippen LogP contribution >= 0.6 is 0 Å². The van der Waals surface area contributed by atoms with Gasteiger partial charge in [0.1, 0.15) is 6.04 Å². The van der Waals surface area contributed by atoms with Gasteiger partial charge in [0, 0.05) is 6.42 Å². The summed E-state index contributed by atoms with van der Waals surface area (Å²) >= 11 is 0. The molecule has 25 heavy (non-hydrogen) atoms. The molecule has 3 heteroatoms. The monoisotopic (exact) mass is 330 g/mol. The van der Waals surface area contributed by atoms with Crippen molar-refractivity contribution in [3.05, 3.63) is 102 Å². The lowest BCUT2D eigenvalue weighted by Crippen LogP contribution is -2.38. The largest absolute Gasteiger partial charge is 0.288 e. The van der Waals surface area contributed by atoms with E-state index in [0.717, 1.165) is 16.8 Å². The van der Waals surface area contributed by atoms with Gasteiger partial charge in [0.15, 0.2) is 0 Å². The summed E-state index contributed by atoms with van der Waals surface area (Å²) in [6.45, 7) is 0.392. The Bertz CT molecular complexity index is 760. The van der Waals surface area contributed by atoms with Gasteiger partial charge in [-0.15, -0.1) is 0 Å². The van der Waals surface area contributed by atoms with Crippen LogP contribution in [0.25, 0.3) is 0 Å². The minimum absolute atomic E-state index is 0.392. The molecule has 0 aromatic heterocycles. The Hall–Kier alpha value is -2.91. The second-order valence-corrected chi connectivity index (χ2v) is 5.74. The molecule has 0 saturated carbocycles. The number of hydrogen-bond donors (Lipinski definition) is 0. The van der Waals surface area contributed by atoms with Crippen molar-refractivity contribution < 1.29 is 9.63 Å². The summed E-state index contributed by atoms with van der Waals surface area (Å²) < 4.78 is 0. The van der Waals surface area contributed by atoms with Crippen molar-refractivity contribution >= 4 is 12.0 Å². The van der Waals surface area contributed by atoms with Crippen molar-refractivity contribution in [2.75, 3.05) is 5.06 Å². The fourth-order valence-corrected chi connectivity index (χ4v) is 2.65. The lowest BCUT2D eigenvalue weighted by Gasteiger charge is -2.29. The van der Waals surface area contributed by atoms with Crippen LogP contribution in [0.3, 0.4) is 0 Å². The fourth-order valence-electron chi connectivity index (χ4n) is 2.65. The SMILES string of the molecule is O=[C][C@H](Cc1ccccc1)N(OCc1ccccc1)c1ccccc1. The molecule has 3 aromatic rings. The number of carbonyl (C=O) groups excluding carboxylic acids is 1. The summed E-state index contributed by atoms with van der Waals surface area (Å²) in [6.07, 6.45) is 2.67. The van der Waals surface area contributed by atoms with E-state index >= 15 is 0 Å². The van der Waals surface area contributed by atoms with Crippen LogP contribution in [0.15, 0.2) is 91.0 Å². The highest BCUT2D eigenvalue weighted by atomic mass is 16.7. The van der Waals surface area contributed by atoms with Crippen LogP contribution in [-0.4, -0.2) is 12.3 Å². The zero-order chi connectivity index (χ0) is 17.3. The smallest absolute Gasteiger partial charge is 0.225 e. The number of para-hydroxylation sites is 1. The topological polar surface area (TPSA) is 29.5 Å². The van der Waals surface area contributed by atoms with Crippen molar-refractivity contribution in [3.63, 3.8) is 0 Å². The van der Waals surface area contributed by atoms with E-state index in [1.807, 2.05) is 91.0 Å². The molecular weight excluding hydrogens is 310 g/mol. The highest BCUT2D eigenvalue weighted by Crippen LogP contribution is 2.20. The maximum absolute atomic E-state index is 11.7. The second kappa shape index (κ2) is 8.81. The molecule has 0 amide bonds. The first-order valence-electron chi connectivity index (χ1n) is 8.29. The van der Waals surface area contributed by atoms with Crippen LogP contribution in [0.2, 0.25) is 0 Å². The number of rotatable bonds is 8. The minimum Gasteiger partial charge on any atom is -0.288 e. The number of hydroxylamine groups is 1. The Morgan fingerprint density at radius 1 is 0.760 bits per heavy atom. The molecular formula is C22H20NO2. The van der Waals surface area contributed by atoms with Crippen LogP contribution in [0, 0.1) is 0 Å². The molecule has 0 unspecified atom stereocenters. The third-order valence-corrected chi connectivity index (χ3v) is 3.91. The number of hydrogen-bond acceptors (Lipinski definition) is 3. The lowest BCUT2D eigenvalue weighted by molar-refractivity contribution is 0.0848. The van der Waals surface area contributed by atoms with E-state index < -0.39 is 6.04 Å². The second-order valence-electron chi connectivity index (χ2n) is 5.74. The average Bonchev–Trinajstić information content (AvgIpc) is 2.69. The molecule has 0 aliphatic carbocycles. The van der Waals surface area contributed by atoms with Crippen molar-refractivity contribution in [2.45, 2.75) is 19.1 Å². The Labute approximate surface area is 148 Å². The summed E-state index contributed by atoms with van der Waals surface area (Å²) in [6, 6.07) is 29.0. The van der Waals surface area contributed by atoms with Crippen molar-refractivity contribution in [1.29, 1.82) is 0 Å². The predicted octanol–water partition coefficient (Wildman–Crippen LogP) is 4.35. The van der Waals surface area contributed by atoms with Gasteiger partial charge in [-0.3, -0.25) is 9.63 Å². The molecule has 0 saturated heterocycles. The molecule has 0 heterocycles. The summed E-state index contributed by atoms with van der Waals surface area (Å²) in [7, 11) is 0. The summed E-state index contributed by atoms with van der Waals surface area (Å²) in [5.41, 5.74) is 2.95. The molecule has 0 bridgehead atoms. The zero-order valence-corrected chi connectivity index (χ0v) is 13.9. The van der Waals surface area contributed by atoms with Gasteiger partial charge in [-0.25, -0.2) is 5.06 Å². The third-order valence-electron chi connectivity index (χ3n) is 3.91. The molecule has 0 spiro atoms. The fraction of sp³-hybridized carbons (Fsp3) is 0.136. The normalized spacial score (nSPS) is 11.7. The molecule has 0 N–H and O–H groups in total. The van der Waals surface area contributed by atoms with Gasteiger partial charge in [-0.1, -0.05) is 78.9 Å². The molecule has 3 rings (SSSR count). The molecule has 1 radical (unpaired) electrons. The summed E-state index contributed by atoms with van der Waals surface area (Å²) in [4.78, 5) is 17.7. The quantitative estimate of drug-likeness (QED) is 0.575. The third kappa shape index (κ3) is 4.78. The van der Waals surface area contributed by atoms with Crippen LogP contribution in [-0.2, 0) is 22.7 Å². The standard InChI is InChI=1S/C22H20NO2/c24-17-22(16-19-10-4-1-5-11-19)23(21-14-8-3-9-15-21)25-18-20-12-6-2-7-13-20/h1-15,22H,16,18H2/t22-/m0/s1. The van der Waals surface area contributed by atoms with E-state index in [1.54, 1.807) is 5.06 Å².